The van der Waals surface area contributed by atoms with Crippen LogP contribution in [0.3, 0.4) is 0 Å². The number of nitrogens with zero attached hydrogens (tertiary/aromatic N) is 8. The molecule has 6 heterocycles. The average Bonchev–Trinajstić information content (AvgIpc) is 3.78. The molecule has 0 bridgehead atoms. The van der Waals surface area contributed by atoms with E-state index in [1.165, 1.54) is 38.3 Å². The number of nitrogen functional groups attached to an aromatic ring is 1. The van der Waals surface area contributed by atoms with Crippen LogP contribution in [-0.2, 0) is 47.9 Å². The second kappa shape index (κ2) is 14.4. The minimum atomic E-state index is -5.97. The van der Waals surface area contributed by atoms with Gasteiger partial charge in [0.15, 0.2) is 24.0 Å². The molecule has 2 fully saturated rings. The van der Waals surface area contributed by atoms with Gasteiger partial charge in [0.25, 0.3) is 11.5 Å². The van der Waals surface area contributed by atoms with Crippen LogP contribution >= 0.6 is 23.5 Å². The van der Waals surface area contributed by atoms with Crippen molar-refractivity contribution in [3.8, 4) is 0 Å². The highest BCUT2D eigenvalue weighted by atomic mass is 31.3. The third kappa shape index (κ3) is 7.92. The highest BCUT2D eigenvalue weighted by Crippen LogP contribution is 2.67. The number of hydrogen-bond donors (Lipinski definition) is 9. The maximum absolute atomic E-state index is 12.7. The molecule has 6 rings (SSSR count). The van der Waals surface area contributed by atoms with Crippen LogP contribution in [0.15, 0.2) is 23.8 Å². The number of aromatic amines is 1. The van der Waals surface area contributed by atoms with Gasteiger partial charge in [0.2, 0.25) is 11.7 Å². The zero-order chi connectivity index (χ0) is 38.8. The lowest BCUT2D eigenvalue weighted by atomic mass is 10.1. The number of phosphoric acid groups is 3. The first-order valence-electron chi connectivity index (χ1n) is 15.0. The van der Waals surface area contributed by atoms with E-state index in [9.17, 15) is 53.6 Å². The summed E-state index contributed by atoms with van der Waals surface area (Å²) in [6.07, 6.45) is -9.17. The molecule has 30 heteroatoms. The smallest absolute Gasteiger partial charge is 0.387 e. The van der Waals surface area contributed by atoms with Crippen molar-refractivity contribution in [2.75, 3.05) is 37.9 Å². The minimum absolute atomic E-state index is 0.0119. The monoisotopic (exact) mass is 815 g/mol. The fourth-order valence-electron chi connectivity index (χ4n) is 5.55. The van der Waals surface area contributed by atoms with Crippen molar-refractivity contribution in [3.05, 3.63) is 29.3 Å². The Bertz CT molecular complexity index is 2220. The van der Waals surface area contributed by atoms with Crippen LogP contribution < -0.4 is 20.8 Å². The number of aliphatic hydroxyl groups excluding tert-OH is 4. The van der Waals surface area contributed by atoms with E-state index >= 15 is 0 Å². The molecular formula is C23H34N10O17P3+. The Morgan fingerprint density at radius 2 is 1.53 bits per heavy atom. The Kier molecular flexibility index (Phi) is 10.7. The molecule has 2 aliphatic rings. The fourth-order valence-corrected chi connectivity index (χ4v) is 9.07. The van der Waals surface area contributed by atoms with Crippen molar-refractivity contribution >= 4 is 57.6 Å². The quantitative estimate of drug-likeness (QED) is 0.0470. The Hall–Kier alpha value is -3.33. The lowest BCUT2D eigenvalue weighted by Crippen LogP contribution is -2.46. The largest absolute Gasteiger partial charge is 0.490 e. The summed E-state index contributed by atoms with van der Waals surface area (Å²) >= 11 is 0. The standard InChI is InChI=1S/C23H33N10O17P3/c1-30(2)23-28-19-12(20(38)29-23)31(3)8-33(19)22-16(37)14(35)10(48-22)5-46-52(41,42)50-53(43,44)49-51(39,40)45-4-9-13(34)15(36)21(47-9)32-7-27-11-17(24)25-6-26-18(11)32/h6-10,13-16,21-22,34-37H,4-5H2,1-3H3,(H5-,24,25,26,28,29,38,39,40,41,42,43,44)/p+1/t9?,10-,13-,14+,15-,16?,21?,22-/m1/s1. The third-order valence-corrected chi connectivity index (χ3v) is 12.3. The van der Waals surface area contributed by atoms with E-state index in [1.807, 2.05) is 0 Å². The highest BCUT2D eigenvalue weighted by Gasteiger charge is 2.50. The van der Waals surface area contributed by atoms with Crippen molar-refractivity contribution < 1.29 is 80.5 Å². The lowest BCUT2D eigenvalue weighted by Gasteiger charge is -2.21. The number of nitrogens with two attached hydrogens (primary N) is 1. The molecule has 292 valence electrons. The van der Waals surface area contributed by atoms with Crippen LogP contribution in [0.25, 0.3) is 22.3 Å². The van der Waals surface area contributed by atoms with Gasteiger partial charge in [0.05, 0.1) is 26.6 Å². The predicted molar refractivity (Wildman–Crippen MR) is 171 cm³/mol. The predicted octanol–water partition coefficient (Wildman–Crippen LogP) is -3.36. The van der Waals surface area contributed by atoms with Gasteiger partial charge in [0.1, 0.15) is 48.5 Å². The van der Waals surface area contributed by atoms with Crippen LogP contribution in [0.4, 0.5) is 11.8 Å². The first-order chi connectivity index (χ1) is 24.7. The van der Waals surface area contributed by atoms with Gasteiger partial charge in [-0.25, -0.2) is 33.2 Å². The molecule has 2 aliphatic heterocycles. The number of H-pyrrole nitrogens is 1. The number of aryl methyl sites for hydroxylation is 1. The number of aliphatic hydroxyl groups is 4. The van der Waals surface area contributed by atoms with Gasteiger partial charge in [0, 0.05) is 14.1 Å². The van der Waals surface area contributed by atoms with Gasteiger partial charge >= 0.3 is 29.1 Å². The van der Waals surface area contributed by atoms with Gasteiger partial charge < -0.3 is 55.2 Å². The van der Waals surface area contributed by atoms with E-state index in [0.29, 0.717) is 0 Å². The van der Waals surface area contributed by atoms with Crippen molar-refractivity contribution in [2.45, 2.75) is 49.1 Å². The van der Waals surface area contributed by atoms with Gasteiger partial charge in [-0.2, -0.15) is 8.62 Å². The van der Waals surface area contributed by atoms with Crippen molar-refractivity contribution in [1.29, 1.82) is 0 Å². The van der Waals surface area contributed by atoms with Crippen LogP contribution in [0, 0.1) is 0 Å². The number of hydrogen-bond acceptors (Lipinski definition) is 20. The summed E-state index contributed by atoms with van der Waals surface area (Å²) in [5, 5.41) is 42.3. The summed E-state index contributed by atoms with van der Waals surface area (Å²) in [7, 11) is -12.5. The molecule has 0 saturated carbocycles. The molecule has 0 radical (unpaired) electrons. The van der Waals surface area contributed by atoms with E-state index in [0.717, 1.165) is 6.33 Å². The molecule has 0 amide bonds. The van der Waals surface area contributed by atoms with Crippen molar-refractivity contribution in [1.82, 2.24) is 34.1 Å². The molecule has 10 N–H and O–H groups in total. The second-order valence-corrected chi connectivity index (χ2v) is 16.6. The number of imidazole rings is 2. The summed E-state index contributed by atoms with van der Waals surface area (Å²) in [4.78, 5) is 63.0. The molecule has 0 spiro atoms. The number of fused-ring (bicyclic) bond motifs is 2. The number of rotatable bonds is 13. The normalized spacial score (nSPS) is 29.7. The zero-order valence-electron chi connectivity index (χ0n) is 27.5. The van der Waals surface area contributed by atoms with E-state index in [2.05, 4.69) is 42.6 Å². The van der Waals surface area contributed by atoms with E-state index in [1.54, 1.807) is 14.1 Å². The molecule has 4 aromatic rings. The Morgan fingerprint density at radius 3 is 2.15 bits per heavy atom. The summed E-state index contributed by atoms with van der Waals surface area (Å²) in [6, 6.07) is 0. The molecule has 4 aromatic heterocycles. The number of aromatic nitrogens is 8. The third-order valence-electron chi connectivity index (χ3n) is 8.01. The maximum atomic E-state index is 12.7. The molecule has 53 heavy (non-hydrogen) atoms. The SMILES string of the molecule is CN(C)c1nc2c(c(=O)[nH]1)n(C)c[n+]2[C@@H]1O[C@H](COP(=O)(O)OP(=O)(O)OP(=O)(O)OCC2OC(n3cnc4c(N)ncnc43)[C@H](O)[C@@H]2O)[C@H](O)C1O. The van der Waals surface area contributed by atoms with Crippen LogP contribution in [0.2, 0.25) is 0 Å². The van der Waals surface area contributed by atoms with Gasteiger partial charge in [-0.15, -0.1) is 0 Å². The molecular weight excluding hydrogens is 781 g/mol. The fraction of sp³-hybridized carbons (Fsp3) is 0.565. The Balaban J connectivity index is 1.05. The lowest BCUT2D eigenvalue weighted by molar-refractivity contribution is -0.745. The molecule has 2 saturated heterocycles. The topological polar surface area (TPSA) is 376 Å². The summed E-state index contributed by atoms with van der Waals surface area (Å²) in [5.41, 5.74) is 5.61. The maximum Gasteiger partial charge on any atom is 0.490 e. The van der Waals surface area contributed by atoms with Gasteiger partial charge in [-0.3, -0.25) is 28.0 Å². The number of ether oxygens (including phenoxy) is 2. The van der Waals surface area contributed by atoms with E-state index in [-0.39, 0.29) is 34.1 Å². The molecule has 11 atom stereocenters. The first kappa shape index (κ1) is 39.4. The van der Waals surface area contributed by atoms with Crippen molar-refractivity contribution in [2.24, 2.45) is 7.05 Å². The number of phosphoric ester groups is 2. The Morgan fingerprint density at radius 1 is 0.925 bits per heavy atom. The van der Waals surface area contributed by atoms with Crippen LogP contribution in [-0.4, -0.2) is 133 Å². The molecule has 0 aromatic carbocycles. The molecule has 6 unspecified atom stereocenters. The number of anilines is 2. The second-order valence-electron chi connectivity index (χ2n) is 11.9. The summed E-state index contributed by atoms with van der Waals surface area (Å²) in [6.45, 7) is -2.08. The average molecular weight is 816 g/mol. The van der Waals surface area contributed by atoms with E-state index in [4.69, 9.17) is 15.2 Å². The van der Waals surface area contributed by atoms with Crippen molar-refractivity contribution in [3.63, 3.8) is 0 Å². The van der Waals surface area contributed by atoms with Gasteiger partial charge in [-0.1, -0.05) is 4.98 Å². The summed E-state index contributed by atoms with van der Waals surface area (Å²) < 4.78 is 69.9. The van der Waals surface area contributed by atoms with Crippen LogP contribution in [0.5, 0.6) is 0 Å². The molecule has 0 aliphatic carbocycles. The highest BCUT2D eigenvalue weighted by molar-refractivity contribution is 7.66. The zero-order valence-corrected chi connectivity index (χ0v) is 30.2. The number of nitrogens with one attached hydrogen (secondary N) is 1. The van der Waals surface area contributed by atoms with Crippen LogP contribution in [0.1, 0.15) is 12.5 Å². The van der Waals surface area contributed by atoms with E-state index < -0.39 is 91.3 Å². The summed E-state index contributed by atoms with van der Waals surface area (Å²) in [5.74, 6) is 0.165. The molecule has 27 nitrogen and oxygen atoms in total. The minimum Gasteiger partial charge on any atom is -0.387 e. The van der Waals surface area contributed by atoms with Gasteiger partial charge in [-0.05, 0) is 0 Å². The Labute approximate surface area is 295 Å². The first-order valence-corrected chi connectivity index (χ1v) is 19.5.